The number of nitrogens with zero attached hydrogens (tertiary/aromatic N) is 1. The van der Waals surface area contributed by atoms with E-state index in [4.69, 9.17) is 22.4 Å². The molecule has 0 radical (unpaired) electrons. The summed E-state index contributed by atoms with van der Waals surface area (Å²) in [5, 5.41) is 22.2. The van der Waals surface area contributed by atoms with Crippen molar-refractivity contribution in [3.8, 4) is 0 Å². The standard InChI is InChI=1S/C14H20ClN5.ClH/c15-11-6-5-7-12(10-11)18-13(16)19-14(17)20-8-3-1-2-4-9-20;/h5-7,10H,1-4,8-9H2,(H4,16,17,18,19);1H. The van der Waals surface area contributed by atoms with Crippen LogP contribution in [-0.4, -0.2) is 29.9 Å². The van der Waals surface area contributed by atoms with Crippen LogP contribution < -0.4 is 10.6 Å². The summed E-state index contributed by atoms with van der Waals surface area (Å²) in [6.45, 7) is 1.77. The van der Waals surface area contributed by atoms with Crippen molar-refractivity contribution >= 4 is 41.6 Å². The molecule has 21 heavy (non-hydrogen) atoms. The summed E-state index contributed by atoms with van der Waals surface area (Å²) in [6.07, 6.45) is 4.67. The lowest BCUT2D eigenvalue weighted by Gasteiger charge is -2.24. The molecule has 0 aromatic heterocycles. The fourth-order valence-electron chi connectivity index (χ4n) is 2.23. The summed E-state index contributed by atoms with van der Waals surface area (Å²) in [5.41, 5.74) is 0.735. The van der Waals surface area contributed by atoms with Gasteiger partial charge in [0, 0.05) is 23.8 Å². The molecular formula is C14H21Cl2N5. The molecule has 0 saturated carbocycles. The fraction of sp³-hybridized carbons (Fsp3) is 0.429. The average molecular weight is 330 g/mol. The molecule has 4 N–H and O–H groups in total. The topological polar surface area (TPSA) is 75.0 Å². The molecular weight excluding hydrogens is 309 g/mol. The lowest BCUT2D eigenvalue weighted by atomic mass is 10.2. The van der Waals surface area contributed by atoms with Crippen molar-refractivity contribution < 1.29 is 0 Å². The SMILES string of the molecule is Cl.N=C(NC(=N)N1CCCCCC1)Nc1cccc(Cl)c1. The van der Waals surface area contributed by atoms with Crippen LogP contribution >= 0.6 is 24.0 Å². The van der Waals surface area contributed by atoms with Gasteiger partial charge in [-0.25, -0.2) is 0 Å². The largest absolute Gasteiger partial charge is 0.343 e. The summed E-state index contributed by atoms with van der Waals surface area (Å²) in [4.78, 5) is 1.99. The van der Waals surface area contributed by atoms with Crippen LogP contribution in [0.5, 0.6) is 0 Å². The number of nitrogens with one attached hydrogen (secondary N) is 4. The number of hydrogen-bond acceptors (Lipinski definition) is 2. The first-order chi connectivity index (χ1) is 9.65. The van der Waals surface area contributed by atoms with Gasteiger partial charge in [0.2, 0.25) is 0 Å². The van der Waals surface area contributed by atoms with Crippen molar-refractivity contribution in [2.45, 2.75) is 25.7 Å². The number of guanidine groups is 2. The summed E-state index contributed by atoms with van der Waals surface area (Å²) in [5.74, 6) is 0.368. The van der Waals surface area contributed by atoms with Gasteiger partial charge in [0.15, 0.2) is 11.9 Å². The highest BCUT2D eigenvalue weighted by atomic mass is 35.5. The number of halogens is 2. The van der Waals surface area contributed by atoms with Crippen molar-refractivity contribution in [2.24, 2.45) is 0 Å². The van der Waals surface area contributed by atoms with E-state index in [-0.39, 0.29) is 24.3 Å². The van der Waals surface area contributed by atoms with E-state index >= 15 is 0 Å². The smallest absolute Gasteiger partial charge is 0.199 e. The molecule has 1 aliphatic heterocycles. The van der Waals surface area contributed by atoms with Gasteiger partial charge in [-0.05, 0) is 31.0 Å². The van der Waals surface area contributed by atoms with Gasteiger partial charge >= 0.3 is 0 Å². The van der Waals surface area contributed by atoms with Crippen LogP contribution in [0.3, 0.4) is 0 Å². The molecule has 0 amide bonds. The van der Waals surface area contributed by atoms with Crippen LogP contribution in [0.15, 0.2) is 24.3 Å². The number of anilines is 1. The zero-order valence-corrected chi connectivity index (χ0v) is 13.4. The minimum Gasteiger partial charge on any atom is -0.343 e. The Morgan fingerprint density at radius 3 is 2.38 bits per heavy atom. The van der Waals surface area contributed by atoms with E-state index in [1.54, 1.807) is 12.1 Å². The van der Waals surface area contributed by atoms with E-state index in [9.17, 15) is 0 Å². The molecule has 0 spiro atoms. The van der Waals surface area contributed by atoms with Crippen LogP contribution in [0.1, 0.15) is 25.7 Å². The van der Waals surface area contributed by atoms with Gasteiger partial charge < -0.3 is 10.2 Å². The minimum absolute atomic E-state index is 0. The molecule has 7 heteroatoms. The third-order valence-electron chi connectivity index (χ3n) is 3.26. The lowest BCUT2D eigenvalue weighted by molar-refractivity contribution is 0.423. The molecule has 1 aromatic rings. The van der Waals surface area contributed by atoms with Gasteiger partial charge in [-0.2, -0.15) is 0 Å². The Bertz CT molecular complexity index is 484. The van der Waals surface area contributed by atoms with Gasteiger partial charge in [0.1, 0.15) is 0 Å². The molecule has 5 nitrogen and oxygen atoms in total. The third-order valence-corrected chi connectivity index (χ3v) is 3.49. The van der Waals surface area contributed by atoms with Crippen LogP contribution in [0.25, 0.3) is 0 Å². The summed E-state index contributed by atoms with van der Waals surface area (Å²) in [6, 6.07) is 7.17. The monoisotopic (exact) mass is 329 g/mol. The fourth-order valence-corrected chi connectivity index (χ4v) is 2.42. The van der Waals surface area contributed by atoms with Crippen molar-refractivity contribution in [3.05, 3.63) is 29.3 Å². The highest BCUT2D eigenvalue weighted by Crippen LogP contribution is 2.14. The van der Waals surface area contributed by atoms with E-state index in [1.165, 1.54) is 12.8 Å². The Kier molecular flexibility index (Phi) is 7.32. The summed E-state index contributed by atoms with van der Waals surface area (Å²) in [7, 11) is 0. The Labute approximate surface area is 136 Å². The highest BCUT2D eigenvalue weighted by Gasteiger charge is 2.13. The number of likely N-dealkylation sites (tertiary alicyclic amines) is 1. The number of rotatable bonds is 1. The molecule has 1 aliphatic rings. The van der Waals surface area contributed by atoms with Crippen molar-refractivity contribution in [1.29, 1.82) is 10.8 Å². The van der Waals surface area contributed by atoms with Gasteiger partial charge in [-0.1, -0.05) is 30.5 Å². The predicted octanol–water partition coefficient (Wildman–Crippen LogP) is 3.51. The van der Waals surface area contributed by atoms with Crippen molar-refractivity contribution in [1.82, 2.24) is 10.2 Å². The number of benzene rings is 1. The maximum absolute atomic E-state index is 8.03. The van der Waals surface area contributed by atoms with Gasteiger partial charge in [0.25, 0.3) is 0 Å². The highest BCUT2D eigenvalue weighted by molar-refractivity contribution is 6.30. The predicted molar refractivity (Wildman–Crippen MR) is 91.0 cm³/mol. The van der Waals surface area contributed by atoms with Gasteiger partial charge in [0.05, 0.1) is 0 Å². The lowest BCUT2D eigenvalue weighted by Crippen LogP contribution is -2.45. The Morgan fingerprint density at radius 1 is 1.10 bits per heavy atom. The molecule has 0 atom stereocenters. The Balaban J connectivity index is 0.00000220. The molecule has 1 fully saturated rings. The van der Waals surface area contributed by atoms with Crippen molar-refractivity contribution in [3.63, 3.8) is 0 Å². The van der Waals surface area contributed by atoms with Gasteiger partial charge in [-0.3, -0.25) is 16.1 Å². The van der Waals surface area contributed by atoms with Crippen LogP contribution in [0.4, 0.5) is 5.69 Å². The molecule has 1 saturated heterocycles. The zero-order chi connectivity index (χ0) is 14.4. The van der Waals surface area contributed by atoms with Crippen LogP contribution in [0, 0.1) is 10.8 Å². The molecule has 2 rings (SSSR count). The van der Waals surface area contributed by atoms with Crippen molar-refractivity contribution in [2.75, 3.05) is 18.4 Å². The molecule has 0 unspecified atom stereocenters. The maximum Gasteiger partial charge on any atom is 0.199 e. The summed E-state index contributed by atoms with van der Waals surface area (Å²) < 4.78 is 0. The van der Waals surface area contributed by atoms with E-state index in [2.05, 4.69) is 10.6 Å². The van der Waals surface area contributed by atoms with E-state index in [0.29, 0.717) is 5.02 Å². The first-order valence-corrected chi connectivity index (χ1v) is 7.24. The van der Waals surface area contributed by atoms with Crippen LogP contribution in [0.2, 0.25) is 5.02 Å². The normalized spacial score (nSPS) is 14.6. The second-order valence-electron chi connectivity index (χ2n) is 4.89. The molecule has 0 bridgehead atoms. The quantitative estimate of drug-likeness (QED) is 0.470. The first kappa shape index (κ1) is 17.6. The van der Waals surface area contributed by atoms with E-state index in [1.807, 2.05) is 17.0 Å². The molecule has 1 aromatic carbocycles. The molecule has 116 valence electrons. The average Bonchev–Trinajstić information content (AvgIpc) is 2.67. The number of hydrogen-bond donors (Lipinski definition) is 4. The Hall–Kier alpha value is -1.46. The zero-order valence-electron chi connectivity index (χ0n) is 11.8. The van der Waals surface area contributed by atoms with Crippen LogP contribution in [-0.2, 0) is 0 Å². The minimum atomic E-state index is 0. The maximum atomic E-state index is 8.03. The third kappa shape index (κ3) is 5.81. The summed E-state index contributed by atoms with van der Waals surface area (Å²) >= 11 is 5.89. The first-order valence-electron chi connectivity index (χ1n) is 6.87. The second kappa shape index (κ2) is 8.74. The molecule has 0 aliphatic carbocycles. The van der Waals surface area contributed by atoms with E-state index in [0.717, 1.165) is 31.6 Å². The van der Waals surface area contributed by atoms with Gasteiger partial charge in [-0.15, -0.1) is 12.4 Å². The Morgan fingerprint density at radius 2 is 1.76 bits per heavy atom. The molecule has 1 heterocycles. The second-order valence-corrected chi connectivity index (χ2v) is 5.32. The van der Waals surface area contributed by atoms with E-state index < -0.39 is 0 Å².